The van der Waals surface area contributed by atoms with Crippen molar-refractivity contribution in [1.29, 1.82) is 0 Å². The summed E-state index contributed by atoms with van der Waals surface area (Å²) in [5, 5.41) is 0. The summed E-state index contributed by atoms with van der Waals surface area (Å²) in [6.45, 7) is 4.65. The Balaban J connectivity index is 0.960. The highest BCUT2D eigenvalue weighted by atomic mass is 14.7. The van der Waals surface area contributed by atoms with Gasteiger partial charge in [0.1, 0.15) is 0 Å². The van der Waals surface area contributed by atoms with Crippen LogP contribution in [0.3, 0.4) is 0 Å². The Labute approximate surface area is 301 Å². The summed E-state index contributed by atoms with van der Waals surface area (Å²) in [6.07, 6.45) is 10.1. The highest BCUT2D eigenvalue weighted by molar-refractivity contribution is 5.84. The van der Waals surface area contributed by atoms with Gasteiger partial charge in [0.15, 0.2) is 0 Å². The number of hydrogen-bond donors (Lipinski definition) is 0. The van der Waals surface area contributed by atoms with Crippen LogP contribution in [0, 0.1) is 0 Å². The maximum atomic E-state index is 4.97. The quantitative estimate of drug-likeness (QED) is 0.174. The molecule has 0 spiro atoms. The first kappa shape index (κ1) is 31.0. The molecule has 0 N–H and O–H groups in total. The Kier molecular flexibility index (Phi) is 7.70. The number of pyridine rings is 1. The molecule has 1 nitrogen and oxygen atoms in total. The number of aromatic nitrogens is 1. The van der Waals surface area contributed by atoms with Crippen molar-refractivity contribution in [3.05, 3.63) is 204 Å². The average Bonchev–Trinajstić information content (AvgIpc) is 3.44. The fourth-order valence-corrected chi connectivity index (χ4v) is 8.04. The van der Waals surface area contributed by atoms with E-state index in [9.17, 15) is 0 Å². The summed E-state index contributed by atoms with van der Waals surface area (Å²) in [5.41, 5.74) is 18.7. The first-order valence-corrected chi connectivity index (χ1v) is 18.0. The Morgan fingerprint density at radius 2 is 1.12 bits per heavy atom. The van der Waals surface area contributed by atoms with Crippen LogP contribution in [0.25, 0.3) is 61.3 Å². The van der Waals surface area contributed by atoms with Gasteiger partial charge in [-0.15, -0.1) is 0 Å². The topological polar surface area (TPSA) is 12.9 Å². The summed E-state index contributed by atoms with van der Waals surface area (Å²) in [6, 6.07) is 57.4. The van der Waals surface area contributed by atoms with E-state index in [1.807, 2.05) is 6.20 Å². The minimum absolute atomic E-state index is 0.0269. The lowest BCUT2D eigenvalue weighted by Crippen LogP contribution is -2.14. The van der Waals surface area contributed by atoms with Crippen LogP contribution < -0.4 is 0 Å². The lowest BCUT2D eigenvalue weighted by Gasteiger charge is -2.21. The number of rotatable bonds is 6. The zero-order chi connectivity index (χ0) is 34.4. The summed E-state index contributed by atoms with van der Waals surface area (Å²) in [5.74, 6) is 0.317. The maximum absolute atomic E-state index is 4.97. The van der Waals surface area contributed by atoms with E-state index in [4.69, 9.17) is 4.98 Å². The van der Waals surface area contributed by atoms with Crippen molar-refractivity contribution in [2.45, 2.75) is 31.6 Å². The van der Waals surface area contributed by atoms with Gasteiger partial charge in [-0.25, -0.2) is 0 Å². The molecule has 0 amide bonds. The van der Waals surface area contributed by atoms with Crippen LogP contribution in [0.1, 0.15) is 48.4 Å². The molecular formula is C50H39N. The summed E-state index contributed by atoms with van der Waals surface area (Å²) >= 11 is 0. The van der Waals surface area contributed by atoms with Gasteiger partial charge in [0, 0.05) is 28.7 Å². The van der Waals surface area contributed by atoms with E-state index in [-0.39, 0.29) is 5.41 Å². The fourth-order valence-electron chi connectivity index (χ4n) is 8.04. The van der Waals surface area contributed by atoms with Crippen LogP contribution in [-0.2, 0) is 5.41 Å². The van der Waals surface area contributed by atoms with Crippen LogP contribution in [0.5, 0.6) is 0 Å². The molecule has 1 aromatic heterocycles. The molecule has 0 saturated carbocycles. The molecule has 1 heterocycles. The molecule has 9 rings (SSSR count). The smallest absolute Gasteiger partial charge is 0.0702 e. The zero-order valence-electron chi connectivity index (χ0n) is 29.1. The highest BCUT2D eigenvalue weighted by Gasteiger charge is 2.35. The molecule has 1 atom stereocenters. The molecular weight excluding hydrogens is 615 g/mol. The second kappa shape index (κ2) is 12.7. The van der Waals surface area contributed by atoms with Gasteiger partial charge < -0.3 is 0 Å². The SMILES string of the molecule is CC1(C)c2ccccc2-c2ccc(-c3ccc(-c4cccc(C5=CC(c6cccc(-c7cccc(-c8ccccc8)c7)c6)CC=C5)c4)cn3)cc21. The van der Waals surface area contributed by atoms with Crippen LogP contribution in [0.2, 0.25) is 0 Å². The van der Waals surface area contributed by atoms with Crippen molar-refractivity contribution in [3.8, 4) is 55.8 Å². The maximum Gasteiger partial charge on any atom is 0.0702 e. The fraction of sp³-hybridized carbons (Fsp3) is 0.100. The number of fused-ring (bicyclic) bond motifs is 3. The third kappa shape index (κ3) is 5.75. The molecule has 1 heteroatoms. The lowest BCUT2D eigenvalue weighted by molar-refractivity contribution is 0.660. The summed E-state index contributed by atoms with van der Waals surface area (Å²) in [4.78, 5) is 4.97. The molecule has 1 unspecified atom stereocenters. The second-order valence-electron chi connectivity index (χ2n) is 14.4. The molecule has 0 fully saturated rings. The molecule has 0 bridgehead atoms. The van der Waals surface area contributed by atoms with Gasteiger partial charge in [-0.2, -0.15) is 0 Å². The third-order valence-electron chi connectivity index (χ3n) is 10.9. The van der Waals surface area contributed by atoms with E-state index < -0.39 is 0 Å². The first-order valence-electron chi connectivity index (χ1n) is 18.0. The number of nitrogens with zero attached hydrogens (tertiary/aromatic N) is 1. The number of benzene rings is 6. The number of hydrogen-bond acceptors (Lipinski definition) is 1. The molecule has 51 heavy (non-hydrogen) atoms. The Bertz CT molecular complexity index is 2460. The van der Waals surface area contributed by atoms with E-state index in [0.29, 0.717) is 5.92 Å². The van der Waals surface area contributed by atoms with Crippen molar-refractivity contribution in [1.82, 2.24) is 4.98 Å². The van der Waals surface area contributed by atoms with E-state index in [1.165, 1.54) is 66.8 Å². The van der Waals surface area contributed by atoms with E-state index in [2.05, 4.69) is 190 Å². The van der Waals surface area contributed by atoms with E-state index in [0.717, 1.165) is 23.2 Å². The highest BCUT2D eigenvalue weighted by Crippen LogP contribution is 2.49. The van der Waals surface area contributed by atoms with Gasteiger partial charge in [0.25, 0.3) is 0 Å². The van der Waals surface area contributed by atoms with Crippen LogP contribution in [0.4, 0.5) is 0 Å². The summed E-state index contributed by atoms with van der Waals surface area (Å²) < 4.78 is 0. The third-order valence-corrected chi connectivity index (χ3v) is 10.9. The van der Waals surface area contributed by atoms with Crippen LogP contribution >= 0.6 is 0 Å². The average molecular weight is 654 g/mol. The van der Waals surface area contributed by atoms with Gasteiger partial charge in [0.2, 0.25) is 0 Å². The van der Waals surface area contributed by atoms with Crippen LogP contribution in [-0.4, -0.2) is 4.98 Å². The van der Waals surface area contributed by atoms with Gasteiger partial charge >= 0.3 is 0 Å². The molecule has 2 aliphatic carbocycles. The van der Waals surface area contributed by atoms with Crippen molar-refractivity contribution in [3.63, 3.8) is 0 Å². The molecule has 6 aromatic carbocycles. The lowest BCUT2D eigenvalue weighted by atomic mass is 9.82. The standard InChI is InChI=1S/C50H39N/c1-50(2)47-23-7-6-22-45(47)46-26-24-43(32-48(46)50)49-27-25-44(33-51-49)42-21-11-20-41(31-42)40-19-10-18-39(30-40)38-17-9-16-37(29-38)36-15-8-14-35(28-36)34-12-4-3-5-13-34/h3-17,19-33,39H,18H2,1-2H3. The van der Waals surface area contributed by atoms with Gasteiger partial charge in [-0.05, 0) is 97.5 Å². The van der Waals surface area contributed by atoms with E-state index >= 15 is 0 Å². The predicted molar refractivity (Wildman–Crippen MR) is 214 cm³/mol. The molecule has 0 saturated heterocycles. The van der Waals surface area contributed by atoms with E-state index in [1.54, 1.807) is 0 Å². The molecule has 0 radical (unpaired) electrons. The first-order chi connectivity index (χ1) is 25.0. The van der Waals surface area contributed by atoms with Gasteiger partial charge in [-0.3, -0.25) is 4.98 Å². The largest absolute Gasteiger partial charge is 0.256 e. The number of allylic oxidation sites excluding steroid dienone is 4. The second-order valence-corrected chi connectivity index (χ2v) is 14.4. The van der Waals surface area contributed by atoms with Gasteiger partial charge in [0.05, 0.1) is 5.69 Å². The molecule has 2 aliphatic rings. The molecule has 244 valence electrons. The zero-order valence-corrected chi connectivity index (χ0v) is 29.1. The van der Waals surface area contributed by atoms with Crippen molar-refractivity contribution in [2.75, 3.05) is 0 Å². The Morgan fingerprint density at radius 1 is 0.490 bits per heavy atom. The van der Waals surface area contributed by atoms with Crippen LogP contribution in [0.15, 0.2) is 182 Å². The predicted octanol–water partition coefficient (Wildman–Crippen LogP) is 13.2. The molecule has 7 aromatic rings. The summed E-state index contributed by atoms with van der Waals surface area (Å²) in [7, 11) is 0. The van der Waals surface area contributed by atoms with Crippen molar-refractivity contribution in [2.24, 2.45) is 0 Å². The Morgan fingerprint density at radius 3 is 1.92 bits per heavy atom. The van der Waals surface area contributed by atoms with Gasteiger partial charge in [-0.1, -0.05) is 166 Å². The Hall–Kier alpha value is -6.05. The molecule has 0 aliphatic heterocycles. The minimum atomic E-state index is -0.0269. The van der Waals surface area contributed by atoms with Crippen molar-refractivity contribution < 1.29 is 0 Å². The minimum Gasteiger partial charge on any atom is -0.256 e. The monoisotopic (exact) mass is 653 g/mol. The van der Waals surface area contributed by atoms with Crippen molar-refractivity contribution >= 4 is 5.57 Å². The normalized spacial score (nSPS) is 15.6.